The molecule has 1 amide bonds. The van der Waals surface area contributed by atoms with Crippen molar-refractivity contribution in [2.75, 3.05) is 5.32 Å². The SMILES string of the molecule is O=C(O)c1ccc(NC(=O)c2csc(Br)c2)cc1. The number of carboxylic acid groups (broad SMARTS) is 1. The normalized spacial score (nSPS) is 10.1. The zero-order valence-corrected chi connectivity index (χ0v) is 11.4. The van der Waals surface area contributed by atoms with Gasteiger partial charge in [-0.2, -0.15) is 0 Å². The number of carbonyl (C=O) groups excluding carboxylic acids is 1. The molecule has 2 aromatic rings. The van der Waals surface area contributed by atoms with E-state index in [1.54, 1.807) is 23.6 Å². The number of carbonyl (C=O) groups is 2. The molecule has 1 aromatic heterocycles. The van der Waals surface area contributed by atoms with Crippen LogP contribution in [0.2, 0.25) is 0 Å². The highest BCUT2D eigenvalue weighted by Crippen LogP contribution is 2.21. The van der Waals surface area contributed by atoms with E-state index in [1.807, 2.05) is 0 Å². The second kappa shape index (κ2) is 5.32. The van der Waals surface area contributed by atoms with Crippen molar-refractivity contribution in [2.45, 2.75) is 0 Å². The summed E-state index contributed by atoms with van der Waals surface area (Å²) in [5, 5.41) is 13.2. The van der Waals surface area contributed by atoms with Gasteiger partial charge in [0.2, 0.25) is 0 Å². The smallest absolute Gasteiger partial charge is 0.335 e. The summed E-state index contributed by atoms with van der Waals surface area (Å²) in [6.07, 6.45) is 0. The van der Waals surface area contributed by atoms with Gasteiger partial charge in [-0.25, -0.2) is 4.79 Å². The molecule has 0 aliphatic heterocycles. The minimum atomic E-state index is -0.991. The van der Waals surface area contributed by atoms with Crippen LogP contribution in [-0.4, -0.2) is 17.0 Å². The Kier molecular flexibility index (Phi) is 3.78. The number of thiophene rings is 1. The van der Waals surface area contributed by atoms with Gasteiger partial charge in [0.25, 0.3) is 5.91 Å². The lowest BCUT2D eigenvalue weighted by Gasteiger charge is -2.03. The van der Waals surface area contributed by atoms with E-state index in [2.05, 4.69) is 21.2 Å². The number of anilines is 1. The molecule has 0 radical (unpaired) electrons. The van der Waals surface area contributed by atoms with Crippen LogP contribution in [0.1, 0.15) is 20.7 Å². The molecule has 0 saturated heterocycles. The van der Waals surface area contributed by atoms with Crippen molar-refractivity contribution in [3.8, 4) is 0 Å². The Hall–Kier alpha value is -1.66. The van der Waals surface area contributed by atoms with Crippen LogP contribution < -0.4 is 5.32 Å². The summed E-state index contributed by atoms with van der Waals surface area (Å²) in [5.74, 6) is -1.21. The first kappa shape index (κ1) is 12.8. The summed E-state index contributed by atoms with van der Waals surface area (Å²) >= 11 is 4.71. The second-order valence-corrected chi connectivity index (χ2v) is 5.77. The number of aromatic carboxylic acids is 1. The fourth-order valence-electron chi connectivity index (χ4n) is 1.33. The van der Waals surface area contributed by atoms with Crippen LogP contribution in [0.4, 0.5) is 5.69 Å². The maximum absolute atomic E-state index is 11.8. The quantitative estimate of drug-likeness (QED) is 0.908. The van der Waals surface area contributed by atoms with Crippen molar-refractivity contribution in [3.63, 3.8) is 0 Å². The topological polar surface area (TPSA) is 66.4 Å². The number of hydrogen-bond acceptors (Lipinski definition) is 3. The summed E-state index contributed by atoms with van der Waals surface area (Å²) in [5.41, 5.74) is 1.31. The number of nitrogens with one attached hydrogen (secondary N) is 1. The van der Waals surface area contributed by atoms with E-state index in [0.717, 1.165) is 3.79 Å². The van der Waals surface area contributed by atoms with E-state index >= 15 is 0 Å². The third-order valence-corrected chi connectivity index (χ3v) is 3.72. The Morgan fingerprint density at radius 2 is 1.83 bits per heavy atom. The van der Waals surface area contributed by atoms with Gasteiger partial charge in [-0.3, -0.25) is 4.79 Å². The first-order valence-electron chi connectivity index (χ1n) is 4.95. The Morgan fingerprint density at radius 1 is 1.17 bits per heavy atom. The third kappa shape index (κ3) is 2.96. The summed E-state index contributed by atoms with van der Waals surface area (Å²) < 4.78 is 0.883. The molecule has 1 aromatic carbocycles. The van der Waals surface area contributed by atoms with Gasteiger partial charge in [0.05, 0.1) is 14.9 Å². The molecule has 0 atom stereocenters. The number of rotatable bonds is 3. The Morgan fingerprint density at radius 3 is 2.33 bits per heavy atom. The highest BCUT2D eigenvalue weighted by molar-refractivity contribution is 9.11. The first-order valence-corrected chi connectivity index (χ1v) is 6.62. The van der Waals surface area contributed by atoms with Crippen molar-refractivity contribution in [1.29, 1.82) is 0 Å². The van der Waals surface area contributed by atoms with E-state index in [1.165, 1.54) is 23.5 Å². The Bertz CT molecular complexity index is 592. The number of halogens is 1. The molecule has 0 spiro atoms. The van der Waals surface area contributed by atoms with Crippen LogP contribution in [0, 0.1) is 0 Å². The summed E-state index contributed by atoms with van der Waals surface area (Å²) in [6.45, 7) is 0. The average Bonchev–Trinajstić information content (AvgIpc) is 2.76. The molecule has 2 rings (SSSR count). The van der Waals surface area contributed by atoms with Crippen molar-refractivity contribution in [3.05, 3.63) is 50.6 Å². The number of benzene rings is 1. The maximum Gasteiger partial charge on any atom is 0.335 e. The monoisotopic (exact) mass is 325 g/mol. The summed E-state index contributed by atoms with van der Waals surface area (Å²) in [4.78, 5) is 22.5. The number of amides is 1. The summed E-state index contributed by atoms with van der Waals surface area (Å²) in [6, 6.07) is 7.74. The van der Waals surface area contributed by atoms with Gasteiger partial charge in [0, 0.05) is 11.1 Å². The molecule has 4 nitrogen and oxygen atoms in total. The first-order chi connectivity index (χ1) is 8.56. The Balaban J connectivity index is 2.10. The van der Waals surface area contributed by atoms with Crippen LogP contribution >= 0.6 is 27.3 Å². The van der Waals surface area contributed by atoms with E-state index in [4.69, 9.17) is 5.11 Å². The van der Waals surface area contributed by atoms with E-state index in [9.17, 15) is 9.59 Å². The highest BCUT2D eigenvalue weighted by atomic mass is 79.9. The molecule has 0 bridgehead atoms. The molecule has 0 fully saturated rings. The van der Waals surface area contributed by atoms with Crippen molar-refractivity contribution in [1.82, 2.24) is 0 Å². The third-order valence-electron chi connectivity index (χ3n) is 2.22. The molecule has 92 valence electrons. The van der Waals surface area contributed by atoms with Gasteiger partial charge in [-0.15, -0.1) is 11.3 Å². The van der Waals surface area contributed by atoms with Crippen LogP contribution in [0.3, 0.4) is 0 Å². The fraction of sp³-hybridized carbons (Fsp3) is 0. The van der Waals surface area contributed by atoms with Gasteiger partial charge in [-0.1, -0.05) is 0 Å². The maximum atomic E-state index is 11.8. The molecule has 2 N–H and O–H groups in total. The molecular weight excluding hydrogens is 318 g/mol. The standard InChI is InChI=1S/C12H8BrNO3S/c13-10-5-8(6-18-10)11(15)14-9-3-1-7(2-4-9)12(16)17/h1-6H,(H,14,15)(H,16,17). The zero-order chi connectivity index (χ0) is 13.1. The van der Waals surface area contributed by atoms with Crippen molar-refractivity contribution < 1.29 is 14.7 Å². The molecule has 1 heterocycles. The lowest BCUT2D eigenvalue weighted by atomic mass is 10.2. The van der Waals surface area contributed by atoms with Crippen LogP contribution in [0.25, 0.3) is 0 Å². The highest BCUT2D eigenvalue weighted by Gasteiger charge is 2.08. The van der Waals surface area contributed by atoms with Crippen molar-refractivity contribution >= 4 is 44.8 Å². The molecular formula is C12H8BrNO3S. The Labute approximate surface area is 115 Å². The van der Waals surface area contributed by atoms with Gasteiger partial charge in [0.15, 0.2) is 0 Å². The fourth-order valence-corrected chi connectivity index (χ4v) is 2.47. The van der Waals surface area contributed by atoms with Crippen LogP contribution in [-0.2, 0) is 0 Å². The molecule has 6 heteroatoms. The predicted octanol–water partition coefficient (Wildman–Crippen LogP) is 3.46. The molecule has 0 unspecified atom stereocenters. The number of hydrogen-bond donors (Lipinski definition) is 2. The lowest BCUT2D eigenvalue weighted by Crippen LogP contribution is -2.10. The van der Waals surface area contributed by atoms with Crippen molar-refractivity contribution in [2.24, 2.45) is 0 Å². The lowest BCUT2D eigenvalue weighted by molar-refractivity contribution is 0.0696. The van der Waals surface area contributed by atoms with Gasteiger partial charge in [0.1, 0.15) is 0 Å². The molecule has 0 saturated carbocycles. The van der Waals surface area contributed by atoms with Crippen LogP contribution in [0.5, 0.6) is 0 Å². The van der Waals surface area contributed by atoms with E-state index in [-0.39, 0.29) is 11.5 Å². The van der Waals surface area contributed by atoms with Gasteiger partial charge >= 0.3 is 5.97 Å². The number of carboxylic acids is 1. The van der Waals surface area contributed by atoms with Gasteiger partial charge in [-0.05, 0) is 46.3 Å². The molecule has 0 aliphatic rings. The predicted molar refractivity (Wildman–Crippen MR) is 73.4 cm³/mol. The molecule has 0 aliphatic carbocycles. The minimum absolute atomic E-state index is 0.186. The van der Waals surface area contributed by atoms with Gasteiger partial charge < -0.3 is 10.4 Å². The molecule has 18 heavy (non-hydrogen) atoms. The van der Waals surface area contributed by atoms with E-state index < -0.39 is 5.97 Å². The van der Waals surface area contributed by atoms with Crippen LogP contribution in [0.15, 0.2) is 39.5 Å². The minimum Gasteiger partial charge on any atom is -0.478 e. The summed E-state index contributed by atoms with van der Waals surface area (Å²) in [7, 11) is 0. The van der Waals surface area contributed by atoms with E-state index in [0.29, 0.717) is 11.3 Å². The largest absolute Gasteiger partial charge is 0.478 e. The average molecular weight is 326 g/mol. The zero-order valence-electron chi connectivity index (χ0n) is 9.01. The second-order valence-electron chi connectivity index (χ2n) is 3.48.